The average Bonchev–Trinajstić information content (AvgIpc) is 3.28. The molecule has 0 saturated heterocycles. The Morgan fingerprint density at radius 1 is 1.07 bits per heavy atom. The van der Waals surface area contributed by atoms with Crippen LogP contribution in [-0.2, 0) is 0 Å². The Kier molecular flexibility index (Phi) is 3.18. The first-order valence-electron chi connectivity index (χ1n) is 8.22. The summed E-state index contributed by atoms with van der Waals surface area (Å²) in [5.74, 6) is 0.351. The molecule has 3 aromatic rings. The Labute approximate surface area is 152 Å². The zero-order valence-corrected chi connectivity index (χ0v) is 13.9. The number of nitrogens with zero attached hydrogens (tertiary/aromatic N) is 4. The fourth-order valence-corrected chi connectivity index (χ4v) is 3.10. The van der Waals surface area contributed by atoms with Gasteiger partial charge in [-0.1, -0.05) is 48.5 Å². The lowest BCUT2D eigenvalue weighted by atomic mass is 10.1. The van der Waals surface area contributed by atoms with Gasteiger partial charge >= 0.3 is 0 Å². The van der Waals surface area contributed by atoms with E-state index < -0.39 is 0 Å². The summed E-state index contributed by atoms with van der Waals surface area (Å²) < 4.78 is 6.85. The molecule has 27 heavy (non-hydrogen) atoms. The number of benzene rings is 2. The Hall–Kier alpha value is -4.18. The summed E-state index contributed by atoms with van der Waals surface area (Å²) in [4.78, 5) is 12.9. The molecule has 2 aliphatic rings. The van der Waals surface area contributed by atoms with Crippen molar-refractivity contribution in [2.45, 2.75) is 0 Å². The van der Waals surface area contributed by atoms with Gasteiger partial charge in [0.2, 0.25) is 5.89 Å². The van der Waals surface area contributed by atoms with Crippen LogP contribution in [-0.4, -0.2) is 20.0 Å². The molecule has 1 N–H and O–H groups in total. The minimum Gasteiger partial charge on any atom is -0.436 e. The summed E-state index contributed by atoms with van der Waals surface area (Å²) in [6.07, 6.45) is 0. The first-order valence-corrected chi connectivity index (χ1v) is 8.22. The number of nitrogens with one attached hydrogen (secondary N) is 1. The highest BCUT2D eigenvalue weighted by Gasteiger charge is 2.24. The molecule has 0 aliphatic carbocycles. The molecule has 2 aliphatic heterocycles. The van der Waals surface area contributed by atoms with Crippen LogP contribution in [0.5, 0.6) is 0 Å². The molecule has 0 spiro atoms. The SMILES string of the molecule is N#Cc1c(-n2nc3oc4ccccc4cc-3c2=O)n[nH]c1-c1ccccc1. The van der Waals surface area contributed by atoms with E-state index in [1.54, 1.807) is 12.1 Å². The lowest BCUT2D eigenvalue weighted by Gasteiger charge is -1.98. The molecule has 128 valence electrons. The minimum absolute atomic E-state index is 0.150. The number of hydrogen-bond acceptors (Lipinski definition) is 5. The van der Waals surface area contributed by atoms with Crippen molar-refractivity contribution in [1.29, 1.82) is 5.26 Å². The van der Waals surface area contributed by atoms with Crippen molar-refractivity contribution in [2.75, 3.05) is 0 Å². The first kappa shape index (κ1) is 15.1. The fraction of sp³-hybridized carbons (Fsp3) is 0. The van der Waals surface area contributed by atoms with Gasteiger partial charge < -0.3 is 4.42 Å². The summed E-state index contributed by atoms with van der Waals surface area (Å²) in [6.45, 7) is 0. The Bertz CT molecular complexity index is 1350. The van der Waals surface area contributed by atoms with E-state index in [-0.39, 0.29) is 22.8 Å². The molecule has 3 heterocycles. The predicted octanol–water partition coefficient (Wildman–Crippen LogP) is 3.35. The van der Waals surface area contributed by atoms with Crippen LogP contribution in [0.15, 0.2) is 69.9 Å². The van der Waals surface area contributed by atoms with Gasteiger partial charge in [0.05, 0.1) is 5.69 Å². The highest BCUT2D eigenvalue weighted by atomic mass is 16.3. The minimum atomic E-state index is -0.387. The zero-order chi connectivity index (χ0) is 18.4. The number of para-hydroxylation sites is 1. The number of aromatic nitrogens is 4. The van der Waals surface area contributed by atoms with Crippen LogP contribution in [0.2, 0.25) is 0 Å². The smallest absolute Gasteiger partial charge is 0.285 e. The third kappa shape index (κ3) is 2.24. The van der Waals surface area contributed by atoms with Gasteiger partial charge in [0.15, 0.2) is 5.82 Å². The van der Waals surface area contributed by atoms with Gasteiger partial charge in [-0.2, -0.15) is 15.0 Å². The number of nitriles is 1. The van der Waals surface area contributed by atoms with E-state index >= 15 is 0 Å². The predicted molar refractivity (Wildman–Crippen MR) is 98.5 cm³/mol. The summed E-state index contributed by atoms with van der Waals surface area (Å²) in [5.41, 5.74) is 2.16. The molecule has 0 radical (unpaired) electrons. The van der Waals surface area contributed by atoms with E-state index in [0.717, 1.165) is 15.6 Å². The van der Waals surface area contributed by atoms with Gasteiger partial charge in [-0.15, -0.1) is 5.10 Å². The zero-order valence-electron chi connectivity index (χ0n) is 13.9. The second kappa shape index (κ2) is 5.68. The Balaban J connectivity index is 1.75. The molecule has 5 rings (SSSR count). The summed E-state index contributed by atoms with van der Waals surface area (Å²) in [5, 5.41) is 21.7. The van der Waals surface area contributed by atoms with Gasteiger partial charge in [-0.25, -0.2) is 0 Å². The topological polar surface area (TPSA) is 100 Å². The van der Waals surface area contributed by atoms with E-state index in [0.29, 0.717) is 16.8 Å². The normalized spacial score (nSPS) is 11.1. The van der Waals surface area contributed by atoms with Crippen LogP contribution >= 0.6 is 0 Å². The van der Waals surface area contributed by atoms with Crippen LogP contribution in [0.25, 0.3) is 39.5 Å². The van der Waals surface area contributed by atoms with E-state index in [4.69, 9.17) is 4.42 Å². The molecule has 0 unspecified atom stereocenters. The highest BCUT2D eigenvalue weighted by molar-refractivity contribution is 5.82. The molecule has 7 heteroatoms. The molecule has 2 aromatic carbocycles. The van der Waals surface area contributed by atoms with Crippen molar-refractivity contribution < 1.29 is 4.42 Å². The second-order valence-electron chi connectivity index (χ2n) is 6.00. The van der Waals surface area contributed by atoms with Crippen molar-refractivity contribution >= 4 is 11.0 Å². The van der Waals surface area contributed by atoms with E-state index in [1.165, 1.54) is 0 Å². The molecule has 0 atom stereocenters. The fourth-order valence-electron chi connectivity index (χ4n) is 3.10. The molecule has 0 amide bonds. The quantitative estimate of drug-likeness (QED) is 0.524. The van der Waals surface area contributed by atoms with Crippen LogP contribution in [0, 0.1) is 11.3 Å². The first-order chi connectivity index (χ1) is 13.3. The number of hydrogen-bond donors (Lipinski definition) is 1. The summed E-state index contributed by atoms with van der Waals surface area (Å²) in [7, 11) is 0. The lowest BCUT2D eigenvalue weighted by molar-refractivity contribution is 0.590. The molecule has 0 fully saturated rings. The summed E-state index contributed by atoms with van der Waals surface area (Å²) >= 11 is 0. The Morgan fingerprint density at radius 2 is 1.85 bits per heavy atom. The van der Waals surface area contributed by atoms with Crippen LogP contribution in [0.1, 0.15) is 5.56 Å². The lowest BCUT2D eigenvalue weighted by Crippen LogP contribution is -2.15. The largest absolute Gasteiger partial charge is 0.436 e. The van der Waals surface area contributed by atoms with Crippen LogP contribution < -0.4 is 5.56 Å². The van der Waals surface area contributed by atoms with E-state index in [2.05, 4.69) is 21.4 Å². The molecule has 7 nitrogen and oxygen atoms in total. The maximum Gasteiger partial charge on any atom is 0.285 e. The van der Waals surface area contributed by atoms with Crippen LogP contribution in [0.4, 0.5) is 0 Å². The molecule has 1 aromatic heterocycles. The van der Waals surface area contributed by atoms with Gasteiger partial charge in [0.1, 0.15) is 22.8 Å². The molecular weight excluding hydrogens is 342 g/mol. The third-order valence-electron chi connectivity index (χ3n) is 4.39. The molecular formula is C20H11N5O2. The standard InChI is InChI=1S/C20H11N5O2/c21-11-15-17(12-6-2-1-3-7-12)22-23-18(15)25-20(26)14-10-13-8-4-5-9-16(13)27-19(14)24-25/h1-10H,(H,22,23). The summed E-state index contributed by atoms with van der Waals surface area (Å²) in [6, 6.07) is 20.6. The number of fused-ring (bicyclic) bond motifs is 2. The maximum absolute atomic E-state index is 12.9. The van der Waals surface area contributed by atoms with Gasteiger partial charge in [-0.3, -0.25) is 9.89 Å². The van der Waals surface area contributed by atoms with Gasteiger partial charge in [0.25, 0.3) is 5.56 Å². The van der Waals surface area contributed by atoms with E-state index in [9.17, 15) is 10.1 Å². The molecule has 0 bridgehead atoms. The molecule has 0 saturated carbocycles. The Morgan fingerprint density at radius 3 is 2.67 bits per heavy atom. The van der Waals surface area contributed by atoms with E-state index in [1.807, 2.05) is 48.5 Å². The van der Waals surface area contributed by atoms with Gasteiger partial charge in [-0.05, 0) is 12.1 Å². The number of aromatic amines is 1. The van der Waals surface area contributed by atoms with Crippen molar-refractivity contribution in [1.82, 2.24) is 20.0 Å². The monoisotopic (exact) mass is 353 g/mol. The number of rotatable bonds is 2. The average molecular weight is 353 g/mol. The third-order valence-corrected chi connectivity index (χ3v) is 4.39. The van der Waals surface area contributed by atoms with Crippen molar-refractivity contribution in [3.8, 4) is 34.6 Å². The van der Waals surface area contributed by atoms with Crippen molar-refractivity contribution in [2.24, 2.45) is 0 Å². The highest BCUT2D eigenvalue weighted by Crippen LogP contribution is 2.27. The van der Waals surface area contributed by atoms with Crippen molar-refractivity contribution in [3.05, 3.63) is 76.6 Å². The van der Waals surface area contributed by atoms with Crippen LogP contribution in [0.3, 0.4) is 0 Å². The van der Waals surface area contributed by atoms with Gasteiger partial charge in [0, 0.05) is 10.9 Å². The number of H-pyrrole nitrogens is 1. The second-order valence-corrected chi connectivity index (χ2v) is 6.00. The maximum atomic E-state index is 12.9. The van der Waals surface area contributed by atoms with Crippen molar-refractivity contribution in [3.63, 3.8) is 0 Å².